The molecule has 0 aliphatic carbocycles. The molecule has 1 N–H and O–H groups in total. The van der Waals surface area contributed by atoms with Crippen LogP contribution >= 0.6 is 11.3 Å². The number of thiazole rings is 1. The van der Waals surface area contributed by atoms with Crippen LogP contribution in [0.4, 0.5) is 5.13 Å². The van der Waals surface area contributed by atoms with Gasteiger partial charge in [0.2, 0.25) is 0 Å². The lowest BCUT2D eigenvalue weighted by Crippen LogP contribution is -2.07. The molecule has 1 aromatic carbocycles. The van der Waals surface area contributed by atoms with Gasteiger partial charge in [-0.2, -0.15) is 0 Å². The van der Waals surface area contributed by atoms with Crippen molar-refractivity contribution >= 4 is 16.5 Å². The minimum atomic E-state index is 0.635. The lowest BCUT2D eigenvalue weighted by atomic mass is 9.99. The SMILES string of the molecule is Cc1cc(C)c(-c2csc(NCC(C)C)n2)cc1C. The molecule has 0 aliphatic heterocycles. The van der Waals surface area contributed by atoms with E-state index < -0.39 is 0 Å². The zero-order valence-corrected chi connectivity index (χ0v) is 13.2. The van der Waals surface area contributed by atoms with Gasteiger partial charge >= 0.3 is 0 Å². The van der Waals surface area contributed by atoms with Crippen LogP contribution in [0.3, 0.4) is 0 Å². The second-order valence-corrected chi connectivity index (χ2v) is 6.42. The molecule has 0 saturated heterocycles. The van der Waals surface area contributed by atoms with Gasteiger partial charge in [0.15, 0.2) is 5.13 Å². The maximum atomic E-state index is 4.69. The van der Waals surface area contributed by atoms with Crippen molar-refractivity contribution in [2.75, 3.05) is 11.9 Å². The Kier molecular flexibility index (Phi) is 4.25. The van der Waals surface area contributed by atoms with Crippen molar-refractivity contribution in [1.82, 2.24) is 4.98 Å². The molecule has 0 aliphatic rings. The Labute approximate surface area is 119 Å². The fourth-order valence-electron chi connectivity index (χ4n) is 2.01. The summed E-state index contributed by atoms with van der Waals surface area (Å²) >= 11 is 1.68. The van der Waals surface area contributed by atoms with Crippen LogP contribution in [0.2, 0.25) is 0 Å². The normalized spacial score (nSPS) is 11.1. The Morgan fingerprint density at radius 3 is 2.47 bits per heavy atom. The van der Waals surface area contributed by atoms with Crippen LogP contribution in [0.15, 0.2) is 17.5 Å². The van der Waals surface area contributed by atoms with Crippen molar-refractivity contribution in [1.29, 1.82) is 0 Å². The molecule has 3 heteroatoms. The molecule has 0 amide bonds. The van der Waals surface area contributed by atoms with E-state index in [1.807, 2.05) is 0 Å². The molecule has 0 radical (unpaired) electrons. The van der Waals surface area contributed by atoms with Crippen molar-refractivity contribution in [3.8, 4) is 11.3 Å². The summed E-state index contributed by atoms with van der Waals surface area (Å²) < 4.78 is 0. The van der Waals surface area contributed by atoms with Crippen LogP contribution < -0.4 is 5.32 Å². The smallest absolute Gasteiger partial charge is 0.183 e. The van der Waals surface area contributed by atoms with Crippen LogP contribution in [-0.2, 0) is 0 Å². The minimum absolute atomic E-state index is 0.635. The third kappa shape index (κ3) is 3.35. The monoisotopic (exact) mass is 274 g/mol. The first-order chi connectivity index (χ1) is 8.97. The van der Waals surface area contributed by atoms with Crippen molar-refractivity contribution < 1.29 is 0 Å². The molecule has 0 unspecified atom stereocenters. The topological polar surface area (TPSA) is 24.9 Å². The standard InChI is InChI=1S/C16H22N2S/c1-10(2)8-17-16-18-15(9-19-16)14-7-12(4)11(3)6-13(14)5/h6-7,9-10H,8H2,1-5H3,(H,17,18). The summed E-state index contributed by atoms with van der Waals surface area (Å²) in [6.45, 7) is 11.8. The van der Waals surface area contributed by atoms with Crippen molar-refractivity contribution in [2.45, 2.75) is 34.6 Å². The minimum Gasteiger partial charge on any atom is -0.361 e. The number of benzene rings is 1. The molecule has 1 heterocycles. The number of aromatic nitrogens is 1. The van der Waals surface area contributed by atoms with Gasteiger partial charge in [0.1, 0.15) is 0 Å². The Bertz CT molecular complexity index is 570. The van der Waals surface area contributed by atoms with E-state index in [-0.39, 0.29) is 0 Å². The number of nitrogens with one attached hydrogen (secondary N) is 1. The first-order valence-corrected chi connectivity index (χ1v) is 7.63. The Morgan fingerprint density at radius 1 is 1.11 bits per heavy atom. The van der Waals surface area contributed by atoms with Gasteiger partial charge in [0, 0.05) is 17.5 Å². The first kappa shape index (κ1) is 14.1. The summed E-state index contributed by atoms with van der Waals surface area (Å²) in [6, 6.07) is 4.48. The molecule has 19 heavy (non-hydrogen) atoms. The number of hydrogen-bond acceptors (Lipinski definition) is 3. The molecule has 0 bridgehead atoms. The van der Waals surface area contributed by atoms with Crippen LogP contribution in [0.1, 0.15) is 30.5 Å². The van der Waals surface area contributed by atoms with Gasteiger partial charge in [-0.15, -0.1) is 11.3 Å². The van der Waals surface area contributed by atoms with E-state index in [1.165, 1.54) is 22.3 Å². The van der Waals surface area contributed by atoms with Gasteiger partial charge in [-0.05, 0) is 49.4 Å². The van der Waals surface area contributed by atoms with Gasteiger partial charge < -0.3 is 5.32 Å². The molecule has 0 spiro atoms. The molecule has 2 nitrogen and oxygen atoms in total. The molecule has 2 aromatic rings. The lowest BCUT2D eigenvalue weighted by Gasteiger charge is -2.08. The highest BCUT2D eigenvalue weighted by Crippen LogP contribution is 2.29. The molecule has 1 aromatic heterocycles. The summed E-state index contributed by atoms with van der Waals surface area (Å²) in [5.74, 6) is 0.635. The van der Waals surface area contributed by atoms with E-state index in [4.69, 9.17) is 4.98 Å². The van der Waals surface area contributed by atoms with Gasteiger partial charge in [0.05, 0.1) is 5.69 Å². The zero-order chi connectivity index (χ0) is 14.0. The largest absolute Gasteiger partial charge is 0.361 e. The van der Waals surface area contributed by atoms with E-state index in [0.29, 0.717) is 5.92 Å². The zero-order valence-electron chi connectivity index (χ0n) is 12.4. The summed E-state index contributed by atoms with van der Waals surface area (Å²) in [6.07, 6.45) is 0. The summed E-state index contributed by atoms with van der Waals surface area (Å²) in [7, 11) is 0. The number of rotatable bonds is 4. The molecule has 0 fully saturated rings. The number of aryl methyl sites for hydroxylation is 3. The maximum Gasteiger partial charge on any atom is 0.183 e. The average Bonchev–Trinajstić information content (AvgIpc) is 2.80. The fraction of sp³-hybridized carbons (Fsp3) is 0.438. The fourth-order valence-corrected chi connectivity index (χ4v) is 2.73. The maximum absolute atomic E-state index is 4.69. The average molecular weight is 274 g/mol. The van der Waals surface area contributed by atoms with Gasteiger partial charge in [0.25, 0.3) is 0 Å². The van der Waals surface area contributed by atoms with Crippen LogP contribution in [0.25, 0.3) is 11.3 Å². The summed E-state index contributed by atoms with van der Waals surface area (Å²) in [4.78, 5) is 4.69. The summed E-state index contributed by atoms with van der Waals surface area (Å²) in [5, 5.41) is 6.54. The number of hydrogen-bond donors (Lipinski definition) is 1. The number of anilines is 1. The van der Waals surface area contributed by atoms with Crippen molar-refractivity contribution in [3.05, 3.63) is 34.2 Å². The Morgan fingerprint density at radius 2 is 1.79 bits per heavy atom. The lowest BCUT2D eigenvalue weighted by molar-refractivity contribution is 0.688. The molecule has 0 atom stereocenters. The van der Waals surface area contributed by atoms with E-state index in [2.05, 4.69) is 57.4 Å². The van der Waals surface area contributed by atoms with Gasteiger partial charge in [-0.25, -0.2) is 4.98 Å². The molecule has 102 valence electrons. The van der Waals surface area contributed by atoms with Crippen LogP contribution in [0, 0.1) is 26.7 Å². The second kappa shape index (κ2) is 5.74. The van der Waals surface area contributed by atoms with Crippen molar-refractivity contribution in [2.24, 2.45) is 5.92 Å². The van der Waals surface area contributed by atoms with Crippen molar-refractivity contribution in [3.63, 3.8) is 0 Å². The summed E-state index contributed by atoms with van der Waals surface area (Å²) in [5.41, 5.74) is 6.29. The van der Waals surface area contributed by atoms with E-state index in [9.17, 15) is 0 Å². The third-order valence-electron chi connectivity index (χ3n) is 3.28. The second-order valence-electron chi connectivity index (χ2n) is 5.56. The van der Waals surface area contributed by atoms with Crippen LogP contribution in [-0.4, -0.2) is 11.5 Å². The highest BCUT2D eigenvalue weighted by Gasteiger charge is 2.09. The molecule has 0 saturated carbocycles. The predicted octanol–water partition coefficient (Wildman–Crippen LogP) is 4.80. The Hall–Kier alpha value is -1.35. The Balaban J connectivity index is 2.25. The highest BCUT2D eigenvalue weighted by atomic mass is 32.1. The molecular weight excluding hydrogens is 252 g/mol. The molecular formula is C16H22N2S. The van der Waals surface area contributed by atoms with Gasteiger partial charge in [-0.1, -0.05) is 19.9 Å². The van der Waals surface area contributed by atoms with E-state index in [1.54, 1.807) is 11.3 Å². The highest BCUT2D eigenvalue weighted by molar-refractivity contribution is 7.14. The first-order valence-electron chi connectivity index (χ1n) is 6.75. The predicted molar refractivity (Wildman–Crippen MR) is 85.1 cm³/mol. The molecule has 2 rings (SSSR count). The van der Waals surface area contributed by atoms with Gasteiger partial charge in [-0.3, -0.25) is 0 Å². The third-order valence-corrected chi connectivity index (χ3v) is 4.08. The number of nitrogens with zero attached hydrogens (tertiary/aromatic N) is 1. The van der Waals surface area contributed by atoms with E-state index >= 15 is 0 Å². The quantitative estimate of drug-likeness (QED) is 0.866. The van der Waals surface area contributed by atoms with Crippen LogP contribution in [0.5, 0.6) is 0 Å². The van der Waals surface area contributed by atoms with E-state index in [0.717, 1.165) is 17.4 Å².